The molecule has 2 unspecified atom stereocenters. The fraction of sp³-hybridized carbons (Fsp3) is 0.355. The fourth-order valence-corrected chi connectivity index (χ4v) is 4.79. The zero-order valence-corrected chi connectivity index (χ0v) is 21.0. The first-order chi connectivity index (χ1) is 16.9. The number of hydrogen-bond acceptors (Lipinski definition) is 4. The molecule has 0 aromatic heterocycles. The molecule has 5 rings (SSSR count). The Morgan fingerprint density at radius 2 is 1.89 bits per heavy atom. The summed E-state index contributed by atoms with van der Waals surface area (Å²) < 4.78 is 25.1. The molecule has 1 aliphatic carbocycles. The van der Waals surface area contributed by atoms with E-state index in [-0.39, 0.29) is 17.6 Å². The minimum absolute atomic E-state index is 0.0798. The van der Waals surface area contributed by atoms with Gasteiger partial charge in [0.15, 0.2) is 0 Å². The van der Waals surface area contributed by atoms with Gasteiger partial charge in [0, 0.05) is 18.1 Å². The maximum Gasteiger partial charge on any atom is 0.137 e. The quantitative estimate of drug-likeness (QED) is 0.432. The normalized spacial score (nSPS) is 22.0. The van der Waals surface area contributed by atoms with Gasteiger partial charge in [0.05, 0.1) is 11.7 Å². The highest BCUT2D eigenvalue weighted by Gasteiger charge is 2.33. The van der Waals surface area contributed by atoms with Crippen LogP contribution in [-0.2, 0) is 16.1 Å². The molecule has 2 aliphatic heterocycles. The van der Waals surface area contributed by atoms with Crippen molar-refractivity contribution in [3.63, 3.8) is 0 Å². The third-order valence-corrected chi connectivity index (χ3v) is 6.67. The van der Waals surface area contributed by atoms with Crippen molar-refractivity contribution in [3.8, 4) is 11.5 Å². The van der Waals surface area contributed by atoms with Crippen LogP contribution < -0.4 is 9.47 Å². The summed E-state index contributed by atoms with van der Waals surface area (Å²) in [5, 5.41) is 0. The summed E-state index contributed by atoms with van der Waals surface area (Å²) in [4.78, 5) is 0. The Hall–Kier alpha value is -3.24. The first-order valence-corrected chi connectivity index (χ1v) is 12.5. The minimum atomic E-state index is -0.309. The van der Waals surface area contributed by atoms with Crippen LogP contribution in [0.1, 0.15) is 50.8 Å². The SMILES string of the molecule is CCCOC1C(C2=Cc3ccc4c(c3OC2)C=CC(C)(C)O4)=CC=C(OCc2ccccc2)C1C. The van der Waals surface area contributed by atoms with E-state index >= 15 is 0 Å². The van der Waals surface area contributed by atoms with Crippen molar-refractivity contribution in [1.29, 1.82) is 0 Å². The van der Waals surface area contributed by atoms with Gasteiger partial charge in [-0.05, 0) is 73.4 Å². The van der Waals surface area contributed by atoms with E-state index in [1.165, 1.54) is 0 Å². The van der Waals surface area contributed by atoms with Crippen LogP contribution >= 0.6 is 0 Å². The van der Waals surface area contributed by atoms with E-state index in [1.54, 1.807) is 0 Å². The highest BCUT2D eigenvalue weighted by atomic mass is 16.5. The summed E-state index contributed by atoms with van der Waals surface area (Å²) in [6.07, 6.45) is 11.6. The van der Waals surface area contributed by atoms with Gasteiger partial charge in [-0.3, -0.25) is 0 Å². The summed E-state index contributed by atoms with van der Waals surface area (Å²) in [5.41, 5.74) is 5.23. The number of benzene rings is 2. The van der Waals surface area contributed by atoms with Crippen LogP contribution in [0, 0.1) is 5.92 Å². The summed E-state index contributed by atoms with van der Waals surface area (Å²) >= 11 is 0. The lowest BCUT2D eigenvalue weighted by Crippen LogP contribution is -2.31. The van der Waals surface area contributed by atoms with Crippen molar-refractivity contribution < 1.29 is 18.9 Å². The number of allylic oxidation sites excluding steroid dienone is 2. The lowest BCUT2D eigenvalue weighted by Gasteiger charge is -2.34. The van der Waals surface area contributed by atoms with Crippen LogP contribution in [0.2, 0.25) is 0 Å². The molecule has 2 aromatic carbocycles. The van der Waals surface area contributed by atoms with E-state index in [1.807, 2.05) is 24.3 Å². The third kappa shape index (κ3) is 4.94. The lowest BCUT2D eigenvalue weighted by molar-refractivity contribution is 0.0279. The van der Waals surface area contributed by atoms with Gasteiger partial charge in [-0.2, -0.15) is 0 Å². The van der Waals surface area contributed by atoms with Gasteiger partial charge >= 0.3 is 0 Å². The Labute approximate surface area is 208 Å². The topological polar surface area (TPSA) is 36.9 Å². The standard InChI is InChI=1S/C31H34O4/c1-5-17-32-29-21(2)27(33-19-22-9-7-6-8-10-22)14-12-25(29)24-18-23-11-13-28-26(30(23)34-20-24)15-16-31(3,4)35-28/h6-16,18,21,29H,5,17,19-20H2,1-4H3. The molecule has 3 aliphatic rings. The lowest BCUT2D eigenvalue weighted by atomic mass is 9.85. The predicted molar refractivity (Wildman–Crippen MR) is 140 cm³/mol. The maximum atomic E-state index is 6.38. The van der Waals surface area contributed by atoms with E-state index in [0.717, 1.165) is 51.5 Å². The molecule has 0 fully saturated rings. The molecule has 2 heterocycles. The molecule has 0 spiro atoms. The largest absolute Gasteiger partial charge is 0.493 e. The van der Waals surface area contributed by atoms with Crippen LogP contribution in [-0.4, -0.2) is 24.9 Å². The Morgan fingerprint density at radius 1 is 1.06 bits per heavy atom. The zero-order chi connectivity index (χ0) is 24.4. The second kappa shape index (κ2) is 9.79. The van der Waals surface area contributed by atoms with Crippen LogP contribution in [0.5, 0.6) is 11.5 Å². The Morgan fingerprint density at radius 3 is 2.69 bits per heavy atom. The Bertz CT molecular complexity index is 1200. The molecule has 4 nitrogen and oxygen atoms in total. The molecule has 0 saturated carbocycles. The van der Waals surface area contributed by atoms with Crippen LogP contribution in [0.4, 0.5) is 0 Å². The zero-order valence-electron chi connectivity index (χ0n) is 21.0. The summed E-state index contributed by atoms with van der Waals surface area (Å²) in [5.74, 6) is 2.81. The average molecular weight is 471 g/mol. The third-order valence-electron chi connectivity index (χ3n) is 6.67. The monoisotopic (exact) mass is 470 g/mol. The number of fused-ring (bicyclic) bond motifs is 3. The number of rotatable bonds is 7. The van der Waals surface area contributed by atoms with Crippen molar-refractivity contribution in [2.24, 2.45) is 5.92 Å². The minimum Gasteiger partial charge on any atom is -0.493 e. The highest BCUT2D eigenvalue weighted by molar-refractivity contribution is 5.77. The molecule has 2 atom stereocenters. The maximum absolute atomic E-state index is 6.38. The van der Waals surface area contributed by atoms with Crippen molar-refractivity contribution in [1.82, 2.24) is 0 Å². The van der Waals surface area contributed by atoms with Gasteiger partial charge < -0.3 is 18.9 Å². The smallest absolute Gasteiger partial charge is 0.137 e. The van der Waals surface area contributed by atoms with E-state index < -0.39 is 0 Å². The summed E-state index contributed by atoms with van der Waals surface area (Å²) in [6, 6.07) is 14.4. The van der Waals surface area contributed by atoms with Gasteiger partial charge in [0.25, 0.3) is 0 Å². The highest BCUT2D eigenvalue weighted by Crippen LogP contribution is 2.43. The van der Waals surface area contributed by atoms with E-state index in [4.69, 9.17) is 18.9 Å². The molecule has 0 radical (unpaired) electrons. The Balaban J connectivity index is 1.43. The summed E-state index contributed by atoms with van der Waals surface area (Å²) in [6.45, 7) is 10.2. The first-order valence-electron chi connectivity index (χ1n) is 12.5. The predicted octanol–water partition coefficient (Wildman–Crippen LogP) is 7.12. The molecule has 2 aromatic rings. The van der Waals surface area contributed by atoms with Crippen molar-refractivity contribution in [2.75, 3.05) is 13.2 Å². The van der Waals surface area contributed by atoms with Crippen molar-refractivity contribution >= 4 is 12.2 Å². The molecule has 0 bridgehead atoms. The van der Waals surface area contributed by atoms with E-state index in [9.17, 15) is 0 Å². The molecule has 4 heteroatoms. The van der Waals surface area contributed by atoms with Gasteiger partial charge in [0.2, 0.25) is 0 Å². The molecule has 182 valence electrons. The molecular weight excluding hydrogens is 436 g/mol. The average Bonchev–Trinajstić information content (AvgIpc) is 2.86. The van der Waals surface area contributed by atoms with Crippen LogP contribution in [0.3, 0.4) is 0 Å². The molecule has 35 heavy (non-hydrogen) atoms. The Kier molecular flexibility index (Phi) is 6.57. The molecule has 0 amide bonds. The van der Waals surface area contributed by atoms with Gasteiger partial charge in [0.1, 0.15) is 36.1 Å². The van der Waals surface area contributed by atoms with Crippen LogP contribution in [0.25, 0.3) is 12.2 Å². The van der Waals surface area contributed by atoms with Gasteiger partial charge in [-0.15, -0.1) is 0 Å². The molecule has 0 saturated heterocycles. The van der Waals surface area contributed by atoms with Crippen molar-refractivity contribution in [2.45, 2.75) is 52.4 Å². The fourth-order valence-electron chi connectivity index (χ4n) is 4.79. The van der Waals surface area contributed by atoms with Crippen molar-refractivity contribution in [3.05, 3.63) is 94.3 Å². The number of ether oxygens (including phenoxy) is 4. The van der Waals surface area contributed by atoms with Gasteiger partial charge in [-0.25, -0.2) is 0 Å². The second-order valence-corrected chi connectivity index (χ2v) is 9.94. The van der Waals surface area contributed by atoms with E-state index in [0.29, 0.717) is 19.8 Å². The van der Waals surface area contributed by atoms with Gasteiger partial charge in [-0.1, -0.05) is 50.3 Å². The number of hydrogen-bond donors (Lipinski definition) is 0. The second-order valence-electron chi connectivity index (χ2n) is 9.94. The van der Waals surface area contributed by atoms with E-state index in [2.05, 4.69) is 76.3 Å². The summed E-state index contributed by atoms with van der Waals surface area (Å²) in [7, 11) is 0. The van der Waals surface area contributed by atoms with Crippen LogP contribution in [0.15, 0.2) is 77.6 Å². The molecular formula is C31H34O4. The first kappa shape index (κ1) is 23.5. The molecule has 0 N–H and O–H groups in total.